The number of rotatable bonds is 12. The molecule has 0 unspecified atom stereocenters. The molecule has 0 fully saturated rings. The Morgan fingerprint density at radius 1 is 0.921 bits per heavy atom. The topological polar surface area (TPSA) is 94.2 Å². The number of benzene rings is 3. The van der Waals surface area contributed by atoms with Gasteiger partial charge < -0.3 is 19.5 Å². The molecular formula is C29H34N2O6S. The summed E-state index contributed by atoms with van der Waals surface area (Å²) in [5, 5.41) is 2.71. The van der Waals surface area contributed by atoms with E-state index in [4.69, 9.17) is 14.2 Å². The Bertz CT molecular complexity index is 1400. The molecule has 0 atom stereocenters. The number of sulfonamides is 1. The van der Waals surface area contributed by atoms with Gasteiger partial charge in [-0.05, 0) is 60.0 Å². The standard InChI is InChI=1S/C29H34N2O6S/c1-6-31(7-2)38(33,34)24-14-16-26(35-4)25(19-24)30-29(32)17-13-22-12-15-27(28(18-22)36-5)37-20-23-11-9-8-10-21(23)3/h8-19H,6-7,20H2,1-5H3,(H,30,32)/b17-13+. The Morgan fingerprint density at radius 3 is 2.26 bits per heavy atom. The summed E-state index contributed by atoms with van der Waals surface area (Å²) in [4.78, 5) is 12.8. The first-order valence-corrected chi connectivity index (χ1v) is 13.7. The van der Waals surface area contributed by atoms with E-state index in [0.717, 1.165) is 16.7 Å². The summed E-state index contributed by atoms with van der Waals surface area (Å²) in [6.07, 6.45) is 2.99. The van der Waals surface area contributed by atoms with Gasteiger partial charge >= 0.3 is 0 Å². The quantitative estimate of drug-likeness (QED) is 0.316. The second-order valence-electron chi connectivity index (χ2n) is 8.40. The molecule has 38 heavy (non-hydrogen) atoms. The van der Waals surface area contributed by atoms with Crippen LogP contribution in [0.15, 0.2) is 71.6 Å². The van der Waals surface area contributed by atoms with E-state index in [1.807, 2.05) is 37.3 Å². The lowest BCUT2D eigenvalue weighted by molar-refractivity contribution is -0.111. The Kier molecular flexibility index (Phi) is 9.92. The Morgan fingerprint density at radius 2 is 1.61 bits per heavy atom. The van der Waals surface area contributed by atoms with E-state index in [-0.39, 0.29) is 10.6 Å². The fourth-order valence-corrected chi connectivity index (χ4v) is 5.32. The second kappa shape index (κ2) is 13.1. The van der Waals surface area contributed by atoms with Gasteiger partial charge in [-0.2, -0.15) is 4.31 Å². The van der Waals surface area contributed by atoms with Crippen LogP contribution in [0.25, 0.3) is 6.08 Å². The molecule has 0 bridgehead atoms. The molecule has 0 aliphatic rings. The van der Waals surface area contributed by atoms with Crippen LogP contribution in [0.1, 0.15) is 30.5 Å². The average Bonchev–Trinajstić information content (AvgIpc) is 2.92. The molecule has 0 radical (unpaired) electrons. The van der Waals surface area contributed by atoms with Crippen molar-refractivity contribution in [2.75, 3.05) is 32.6 Å². The zero-order valence-electron chi connectivity index (χ0n) is 22.4. The van der Waals surface area contributed by atoms with Crippen LogP contribution in [0.2, 0.25) is 0 Å². The van der Waals surface area contributed by atoms with E-state index >= 15 is 0 Å². The van der Waals surface area contributed by atoms with Crippen LogP contribution < -0.4 is 19.5 Å². The van der Waals surface area contributed by atoms with Gasteiger partial charge in [0, 0.05) is 19.2 Å². The molecule has 0 saturated carbocycles. The smallest absolute Gasteiger partial charge is 0.248 e. The van der Waals surface area contributed by atoms with E-state index in [1.54, 1.807) is 39.2 Å². The van der Waals surface area contributed by atoms with Crippen molar-refractivity contribution in [3.8, 4) is 17.2 Å². The lowest BCUT2D eigenvalue weighted by Crippen LogP contribution is -2.30. The molecule has 0 heterocycles. The largest absolute Gasteiger partial charge is 0.495 e. The highest BCUT2D eigenvalue weighted by molar-refractivity contribution is 7.89. The Balaban J connectivity index is 1.74. The number of amides is 1. The van der Waals surface area contributed by atoms with Crippen LogP contribution in [0.5, 0.6) is 17.2 Å². The third kappa shape index (κ3) is 6.93. The summed E-state index contributed by atoms with van der Waals surface area (Å²) in [5.41, 5.74) is 3.21. The molecule has 8 nitrogen and oxygen atoms in total. The van der Waals surface area contributed by atoms with Gasteiger partial charge in [-0.25, -0.2) is 8.42 Å². The van der Waals surface area contributed by atoms with Gasteiger partial charge in [0.15, 0.2) is 11.5 Å². The average molecular weight is 539 g/mol. The number of aryl methyl sites for hydroxylation is 1. The highest BCUT2D eigenvalue weighted by atomic mass is 32.2. The fraction of sp³-hybridized carbons (Fsp3) is 0.276. The molecular weight excluding hydrogens is 504 g/mol. The van der Waals surface area contributed by atoms with Crippen LogP contribution in [0, 0.1) is 6.92 Å². The van der Waals surface area contributed by atoms with E-state index in [1.165, 1.54) is 35.7 Å². The van der Waals surface area contributed by atoms with Crippen LogP contribution >= 0.6 is 0 Å². The van der Waals surface area contributed by atoms with Gasteiger partial charge in [0.1, 0.15) is 12.4 Å². The molecule has 0 aliphatic carbocycles. The highest BCUT2D eigenvalue weighted by Gasteiger charge is 2.23. The molecule has 0 aliphatic heterocycles. The number of carbonyl (C=O) groups is 1. The summed E-state index contributed by atoms with van der Waals surface area (Å²) in [6.45, 7) is 6.67. The normalized spacial score (nSPS) is 11.5. The van der Waals surface area contributed by atoms with Crippen LogP contribution in [0.3, 0.4) is 0 Å². The molecule has 0 spiro atoms. The first-order valence-electron chi connectivity index (χ1n) is 12.3. The van der Waals surface area contributed by atoms with Crippen LogP contribution in [-0.4, -0.2) is 45.9 Å². The van der Waals surface area contributed by atoms with Gasteiger partial charge in [0.25, 0.3) is 0 Å². The van der Waals surface area contributed by atoms with Crippen molar-refractivity contribution in [2.24, 2.45) is 0 Å². The monoisotopic (exact) mass is 538 g/mol. The van der Waals surface area contributed by atoms with E-state index in [0.29, 0.717) is 36.9 Å². The zero-order valence-corrected chi connectivity index (χ0v) is 23.2. The van der Waals surface area contributed by atoms with Crippen molar-refractivity contribution in [1.82, 2.24) is 4.31 Å². The maximum atomic E-state index is 12.9. The molecule has 3 aromatic carbocycles. The number of ether oxygens (including phenoxy) is 3. The van der Waals surface area contributed by atoms with Gasteiger partial charge in [-0.1, -0.05) is 44.2 Å². The fourth-order valence-electron chi connectivity index (χ4n) is 3.84. The molecule has 0 saturated heterocycles. The minimum Gasteiger partial charge on any atom is -0.495 e. The molecule has 1 N–H and O–H groups in total. The predicted octanol–water partition coefficient (Wildman–Crippen LogP) is 5.27. The van der Waals surface area contributed by atoms with Crippen molar-refractivity contribution < 1.29 is 27.4 Å². The summed E-state index contributed by atoms with van der Waals surface area (Å²) in [6, 6.07) is 17.8. The Labute approximate surface area is 224 Å². The second-order valence-corrected chi connectivity index (χ2v) is 10.3. The Hall–Kier alpha value is -3.82. The SMILES string of the molecule is CCN(CC)S(=O)(=O)c1ccc(OC)c(NC(=O)/C=C/c2ccc(OCc3ccccc3C)c(OC)c2)c1. The first kappa shape index (κ1) is 28.7. The number of hydrogen-bond donors (Lipinski definition) is 1. The van der Waals surface area contributed by atoms with Gasteiger partial charge in [0.05, 0.1) is 24.8 Å². The van der Waals surface area contributed by atoms with Gasteiger partial charge in [-0.15, -0.1) is 0 Å². The number of nitrogens with one attached hydrogen (secondary N) is 1. The number of methoxy groups -OCH3 is 2. The highest BCUT2D eigenvalue weighted by Crippen LogP contribution is 2.31. The molecule has 3 rings (SSSR count). The molecule has 9 heteroatoms. The third-order valence-corrected chi connectivity index (χ3v) is 8.08. The van der Waals surface area contributed by atoms with E-state index < -0.39 is 15.9 Å². The number of carbonyl (C=O) groups excluding carboxylic acids is 1. The van der Waals surface area contributed by atoms with E-state index in [9.17, 15) is 13.2 Å². The summed E-state index contributed by atoms with van der Waals surface area (Å²) in [5.74, 6) is 1.03. The van der Waals surface area contributed by atoms with Crippen LogP contribution in [0.4, 0.5) is 5.69 Å². The zero-order chi connectivity index (χ0) is 27.7. The van der Waals surface area contributed by atoms with Crippen LogP contribution in [-0.2, 0) is 21.4 Å². The predicted molar refractivity (Wildman–Crippen MR) is 149 cm³/mol. The summed E-state index contributed by atoms with van der Waals surface area (Å²) >= 11 is 0. The van der Waals surface area contributed by atoms with Crippen molar-refractivity contribution in [3.63, 3.8) is 0 Å². The maximum Gasteiger partial charge on any atom is 0.248 e. The minimum absolute atomic E-state index is 0.0762. The van der Waals surface area contributed by atoms with Crippen molar-refractivity contribution in [1.29, 1.82) is 0 Å². The maximum absolute atomic E-state index is 12.9. The van der Waals surface area contributed by atoms with Crippen molar-refractivity contribution in [3.05, 3.63) is 83.4 Å². The molecule has 0 aromatic heterocycles. The van der Waals surface area contributed by atoms with Gasteiger partial charge in [-0.3, -0.25) is 4.79 Å². The lowest BCUT2D eigenvalue weighted by atomic mass is 10.1. The van der Waals surface area contributed by atoms with Crippen molar-refractivity contribution in [2.45, 2.75) is 32.3 Å². The van der Waals surface area contributed by atoms with Gasteiger partial charge in [0.2, 0.25) is 15.9 Å². The number of hydrogen-bond acceptors (Lipinski definition) is 6. The first-order chi connectivity index (χ1) is 18.2. The van der Waals surface area contributed by atoms with Crippen molar-refractivity contribution >= 4 is 27.7 Å². The lowest BCUT2D eigenvalue weighted by Gasteiger charge is -2.19. The molecule has 1 amide bonds. The summed E-state index contributed by atoms with van der Waals surface area (Å²) < 4.78 is 43.9. The van der Waals surface area contributed by atoms with E-state index in [2.05, 4.69) is 5.32 Å². The molecule has 202 valence electrons. The minimum atomic E-state index is -3.69. The third-order valence-electron chi connectivity index (χ3n) is 6.03. The number of anilines is 1. The molecule has 3 aromatic rings. The number of nitrogens with zero attached hydrogens (tertiary/aromatic N) is 1. The summed E-state index contributed by atoms with van der Waals surface area (Å²) in [7, 11) is -0.684.